The van der Waals surface area contributed by atoms with Crippen molar-refractivity contribution in [1.29, 1.82) is 0 Å². The lowest BCUT2D eigenvalue weighted by molar-refractivity contribution is -0.143. The Morgan fingerprint density at radius 1 is 0.411 bits per heavy atom. The Hall–Kier alpha value is -11.0. The van der Waals surface area contributed by atoms with E-state index in [1.807, 2.05) is 0 Å². The summed E-state index contributed by atoms with van der Waals surface area (Å²) >= 11 is 0. The van der Waals surface area contributed by atoms with E-state index in [2.05, 4.69) is 74.4 Å². The van der Waals surface area contributed by atoms with Gasteiger partial charge in [0.05, 0.1) is 51.0 Å². The van der Waals surface area contributed by atoms with Crippen molar-refractivity contribution >= 4 is 112 Å². The van der Waals surface area contributed by atoms with Gasteiger partial charge in [-0.15, -0.1) is 0 Å². The minimum absolute atomic E-state index is 0.0523. The molecule has 0 aliphatic carbocycles. The van der Waals surface area contributed by atoms with Gasteiger partial charge in [-0.2, -0.15) is 0 Å². The van der Waals surface area contributed by atoms with Gasteiger partial charge in [0.1, 0.15) is 78.5 Å². The molecule has 0 aliphatic heterocycles. The van der Waals surface area contributed by atoms with Crippen LogP contribution in [0.2, 0.25) is 0 Å². The molecule has 0 radical (unpaired) electrons. The molecule has 26 N–H and O–H groups in total. The summed E-state index contributed by atoms with van der Waals surface area (Å²) in [5.41, 5.74) is 16.8. The lowest BCUT2D eigenvalue weighted by Gasteiger charge is -2.30. The smallest absolute Gasteiger partial charge is 0.326 e. The van der Waals surface area contributed by atoms with Crippen molar-refractivity contribution in [3.05, 3.63) is 35.9 Å². The Bertz CT molecular complexity index is 3430. The van der Waals surface area contributed by atoms with Crippen molar-refractivity contribution in [2.45, 2.75) is 244 Å². The molecule has 1 unspecified atom stereocenters. The average Bonchev–Trinajstić information content (AvgIpc) is 0.847. The molecule has 42 nitrogen and oxygen atoms in total. The first kappa shape index (κ1) is 99.0. The molecular weight excluding hydrogens is 1480 g/mol. The number of aliphatic hydroxyl groups is 2. The van der Waals surface area contributed by atoms with Crippen LogP contribution in [0, 0.1) is 23.7 Å². The quantitative estimate of drug-likeness (QED) is 0.0270. The monoisotopic (exact) mass is 1590 g/mol. The zero-order valence-electron chi connectivity index (χ0n) is 64.6. The predicted octanol–water partition coefficient (Wildman–Crippen LogP) is -6.91. The second-order valence-electron chi connectivity index (χ2n) is 28.3. The number of aliphatic hydroxyl groups excluding tert-OH is 2. The lowest BCUT2D eigenvalue weighted by Crippen LogP contribution is -2.62. The first-order chi connectivity index (χ1) is 52.2. The highest BCUT2D eigenvalue weighted by Gasteiger charge is 2.40. The number of hydrogen-bond donors (Lipinski definition) is 23. The van der Waals surface area contributed by atoms with E-state index in [-0.39, 0.29) is 38.6 Å². The maximum Gasteiger partial charge on any atom is 0.326 e. The number of rotatable bonds is 53. The number of carboxylic acids is 4. The van der Waals surface area contributed by atoms with E-state index in [0.717, 1.165) is 6.92 Å². The third-order valence-electron chi connectivity index (χ3n) is 16.9. The fraction of sp³-hybridized carbons (Fsp3) is 0.643. The topological polar surface area (TPSA) is 692 Å². The first-order valence-electron chi connectivity index (χ1n) is 36.4. The molecule has 0 aliphatic rings. The fourth-order valence-electron chi connectivity index (χ4n) is 10.7. The van der Waals surface area contributed by atoms with E-state index in [1.54, 1.807) is 65.0 Å². The van der Waals surface area contributed by atoms with E-state index >= 15 is 0 Å². The number of amides is 15. The third kappa shape index (κ3) is 37.6. The zero-order chi connectivity index (χ0) is 85.6. The summed E-state index contributed by atoms with van der Waals surface area (Å²) in [5, 5.41) is 92.1. The molecule has 0 bridgehead atoms. The van der Waals surface area contributed by atoms with Crippen molar-refractivity contribution in [1.82, 2.24) is 74.4 Å². The summed E-state index contributed by atoms with van der Waals surface area (Å²) in [4.78, 5) is 252. The molecule has 1 aromatic carbocycles. The predicted molar refractivity (Wildman–Crippen MR) is 395 cm³/mol. The molecule has 42 heteroatoms. The first-order valence-corrected chi connectivity index (χ1v) is 36.4. The fourth-order valence-corrected chi connectivity index (χ4v) is 10.7. The van der Waals surface area contributed by atoms with Crippen LogP contribution in [-0.2, 0) is 97.5 Å². The van der Waals surface area contributed by atoms with Crippen molar-refractivity contribution in [2.75, 3.05) is 19.7 Å². The van der Waals surface area contributed by atoms with Crippen LogP contribution in [0.3, 0.4) is 0 Å². The van der Waals surface area contributed by atoms with E-state index in [4.69, 9.17) is 17.2 Å². The molecule has 1 rings (SSSR count). The van der Waals surface area contributed by atoms with Gasteiger partial charge in [0, 0.05) is 12.8 Å². The molecule has 16 atom stereocenters. The number of carboxylic acid groups (broad SMARTS) is 4. The summed E-state index contributed by atoms with van der Waals surface area (Å²) in [6.07, 6.45) is -5.87. The van der Waals surface area contributed by atoms with Crippen LogP contribution in [0.1, 0.15) is 152 Å². The Labute approximate surface area is 646 Å². The second kappa shape index (κ2) is 50.0. The Morgan fingerprint density at radius 3 is 1.23 bits per heavy atom. The van der Waals surface area contributed by atoms with Gasteiger partial charge in [-0.1, -0.05) is 92.1 Å². The van der Waals surface area contributed by atoms with Crippen LogP contribution in [0.4, 0.5) is 0 Å². The van der Waals surface area contributed by atoms with Crippen molar-refractivity contribution in [2.24, 2.45) is 40.9 Å². The summed E-state index contributed by atoms with van der Waals surface area (Å²) < 4.78 is 0. The summed E-state index contributed by atoms with van der Waals surface area (Å²) in [5.74, 6) is -25.4. The van der Waals surface area contributed by atoms with Gasteiger partial charge in [-0.25, -0.2) is 4.79 Å². The van der Waals surface area contributed by atoms with E-state index in [0.29, 0.717) is 18.4 Å². The maximum atomic E-state index is 14.6. The largest absolute Gasteiger partial charge is 0.481 e. The number of primary amides is 1. The minimum atomic E-state index is -2.06. The lowest BCUT2D eigenvalue weighted by atomic mass is 9.96. The number of carbonyl (C=O) groups excluding carboxylic acids is 15. The molecule has 0 saturated carbocycles. The van der Waals surface area contributed by atoms with E-state index in [9.17, 15) is 122 Å². The molecule has 0 saturated heterocycles. The number of aliphatic carboxylic acids is 4. The molecule has 112 heavy (non-hydrogen) atoms. The van der Waals surface area contributed by atoms with Crippen LogP contribution in [0.15, 0.2) is 30.3 Å². The van der Waals surface area contributed by atoms with E-state index in [1.165, 1.54) is 34.6 Å². The molecule has 0 fully saturated rings. The highest BCUT2D eigenvalue weighted by atomic mass is 16.4. The molecule has 0 spiro atoms. The van der Waals surface area contributed by atoms with Gasteiger partial charge in [0.15, 0.2) is 0 Å². The van der Waals surface area contributed by atoms with Gasteiger partial charge < -0.3 is 122 Å². The SMILES string of the molecule is CCC(C)[C@H](NC(=O)[C@H](CC(C)C)NC(=O)[C@H](Cc1ccccc1)NC(=O)[C@H](CC(=O)O)NC(=O)[C@H](CC(=O)O)NC(=O)[C@@H](NC(=O)[C@H](C)N)C(C)C)C(=O)N[C@@H](CO)C(=O)N[C@@H](CC(C)C)C(=O)N[C@@H](CC(=O)O)C(=O)NCC(=O)N[C@@H](C[C@@H](C)O)C(=O)N[C@@H](C)C(=O)N[C@@H](CC(N)=O)C(=O)N[C@@H](CCCCN)C(=O)O. The van der Waals surface area contributed by atoms with Gasteiger partial charge in [0.2, 0.25) is 88.6 Å². The Balaban J connectivity index is 3.49. The number of carbonyl (C=O) groups is 19. The highest BCUT2D eigenvalue weighted by molar-refractivity contribution is 6.02. The Kier molecular flexibility index (Phi) is 44.2. The number of nitrogens with two attached hydrogens (primary N) is 3. The van der Waals surface area contributed by atoms with Crippen LogP contribution in [0.25, 0.3) is 0 Å². The van der Waals surface area contributed by atoms with Crippen LogP contribution < -0.4 is 91.6 Å². The molecule has 15 amide bonds. The molecular formula is C70H113N17O25. The van der Waals surface area contributed by atoms with Crippen molar-refractivity contribution in [3.8, 4) is 0 Å². The zero-order valence-corrected chi connectivity index (χ0v) is 64.6. The number of unbranched alkanes of at least 4 members (excludes halogenated alkanes) is 1. The average molecular weight is 1590 g/mol. The summed E-state index contributed by atoms with van der Waals surface area (Å²) in [6.45, 7) is 14.5. The molecule has 628 valence electrons. The molecule has 1 aromatic rings. The summed E-state index contributed by atoms with van der Waals surface area (Å²) in [7, 11) is 0. The Morgan fingerprint density at radius 2 is 0.795 bits per heavy atom. The highest BCUT2D eigenvalue weighted by Crippen LogP contribution is 2.15. The van der Waals surface area contributed by atoms with Gasteiger partial charge in [0.25, 0.3) is 0 Å². The van der Waals surface area contributed by atoms with Gasteiger partial charge in [-0.3, -0.25) is 86.3 Å². The standard InChI is InChI=1S/C70H113N17O25/c1-12-35(8)56(87-66(107)42(23-33(4)5)79-62(103)44(25-39-18-14-13-15-19-39)81-64(105)47(28-53(94)95)83-65(106)48(29-54(96)97)84-68(109)55(34(6)7)86-57(98)37(10)72)69(110)85-49(31-88)67(108)80-41(22-32(2)3)61(102)82-46(27-52(92)93)59(100)74-30-51(91)76-43(24-36(9)89)60(101)75-38(11)58(99)78-45(26-50(73)90)63(104)77-40(70(111)112)20-16-17-21-71/h13-15,18-19,32-38,40-49,55-56,88-89H,12,16-17,20-31,71-72H2,1-11H3,(H2,73,90)(H,74,100)(H,75,101)(H,76,91)(H,77,104)(H,78,99)(H,79,103)(H,80,108)(H,81,105)(H,82,102)(H,83,106)(H,84,109)(H,85,110)(H,86,98)(H,87,107)(H,92,93)(H,94,95)(H,96,97)(H,111,112)/t35?,36-,37+,38+,40+,41+,42+,43+,44+,45+,46+,47+,48+,49+,55+,56+/m1/s1. The van der Waals surface area contributed by atoms with Crippen LogP contribution >= 0.6 is 0 Å². The van der Waals surface area contributed by atoms with Crippen LogP contribution in [0.5, 0.6) is 0 Å². The number of nitrogens with one attached hydrogen (secondary N) is 14. The van der Waals surface area contributed by atoms with E-state index < -0.39 is 272 Å². The normalized spacial score (nSPS) is 15.4. The van der Waals surface area contributed by atoms with Crippen molar-refractivity contribution < 1.29 is 122 Å². The summed E-state index contributed by atoms with van der Waals surface area (Å²) in [6, 6.07) is -15.2. The third-order valence-corrected chi connectivity index (χ3v) is 16.9. The number of hydrogen-bond acceptors (Lipinski definition) is 23. The second-order valence-corrected chi connectivity index (χ2v) is 28.3. The molecule has 0 heterocycles. The van der Waals surface area contributed by atoms with Gasteiger partial charge >= 0.3 is 23.9 Å². The molecule has 0 aromatic heterocycles. The van der Waals surface area contributed by atoms with Crippen molar-refractivity contribution in [3.63, 3.8) is 0 Å². The van der Waals surface area contributed by atoms with Gasteiger partial charge in [-0.05, 0) is 88.7 Å². The number of benzene rings is 1. The maximum absolute atomic E-state index is 14.6. The minimum Gasteiger partial charge on any atom is -0.481 e. The van der Waals surface area contributed by atoms with Crippen LogP contribution in [-0.4, -0.2) is 254 Å².